The predicted molar refractivity (Wildman–Crippen MR) is 127 cm³/mol. The highest BCUT2D eigenvalue weighted by atomic mass is 16.6. The molecule has 0 radical (unpaired) electrons. The van der Waals surface area contributed by atoms with E-state index in [0.29, 0.717) is 5.69 Å². The van der Waals surface area contributed by atoms with Gasteiger partial charge in [0.2, 0.25) is 0 Å². The second-order valence-corrected chi connectivity index (χ2v) is 8.68. The van der Waals surface area contributed by atoms with Crippen LogP contribution in [0.15, 0.2) is 66.7 Å². The Hall–Kier alpha value is -3.80. The Balaban J connectivity index is 2.03. The number of phenols is 1. The van der Waals surface area contributed by atoms with Crippen molar-refractivity contribution in [1.29, 1.82) is 0 Å². The first-order valence-electron chi connectivity index (χ1n) is 10.3. The van der Waals surface area contributed by atoms with E-state index >= 15 is 0 Å². The molecule has 0 saturated carbocycles. The molecule has 3 aromatic rings. The van der Waals surface area contributed by atoms with Crippen LogP contribution in [0, 0.1) is 0 Å². The molecule has 166 valence electrons. The molecule has 0 heterocycles. The van der Waals surface area contributed by atoms with E-state index in [2.05, 4.69) is 5.32 Å². The number of hydrogen-bond donors (Lipinski definition) is 2. The number of hydrogen-bond acceptors (Lipinski definition) is 5. The van der Waals surface area contributed by atoms with Gasteiger partial charge in [-0.05, 0) is 62.2 Å². The molecule has 3 rings (SSSR count). The van der Waals surface area contributed by atoms with Gasteiger partial charge in [-0.15, -0.1) is 0 Å². The third-order valence-electron chi connectivity index (χ3n) is 4.73. The number of anilines is 2. The molecular formula is C26H28N2O4. The minimum Gasteiger partial charge on any atom is -0.507 e. The van der Waals surface area contributed by atoms with Gasteiger partial charge in [0, 0.05) is 19.8 Å². The second-order valence-electron chi connectivity index (χ2n) is 8.68. The Morgan fingerprint density at radius 2 is 1.56 bits per heavy atom. The van der Waals surface area contributed by atoms with Gasteiger partial charge in [0.25, 0.3) is 5.91 Å². The minimum absolute atomic E-state index is 0.108. The molecule has 6 heteroatoms. The number of amides is 1. The van der Waals surface area contributed by atoms with E-state index in [4.69, 9.17) is 4.74 Å². The topological polar surface area (TPSA) is 78.9 Å². The Kier molecular flexibility index (Phi) is 6.53. The molecule has 32 heavy (non-hydrogen) atoms. The monoisotopic (exact) mass is 432 g/mol. The highest BCUT2D eigenvalue weighted by Gasteiger charge is 2.23. The molecule has 0 aromatic heterocycles. The number of esters is 1. The zero-order valence-electron chi connectivity index (χ0n) is 19.0. The summed E-state index contributed by atoms with van der Waals surface area (Å²) >= 11 is 0. The quantitative estimate of drug-likeness (QED) is 0.533. The third-order valence-corrected chi connectivity index (χ3v) is 4.73. The van der Waals surface area contributed by atoms with Crippen LogP contribution in [0.2, 0.25) is 0 Å². The smallest absolute Gasteiger partial charge is 0.340 e. The second kappa shape index (κ2) is 9.14. The number of benzene rings is 3. The summed E-state index contributed by atoms with van der Waals surface area (Å²) in [5.41, 5.74) is 2.50. The van der Waals surface area contributed by atoms with Crippen molar-refractivity contribution in [3.8, 4) is 16.9 Å². The van der Waals surface area contributed by atoms with Gasteiger partial charge >= 0.3 is 5.97 Å². The van der Waals surface area contributed by atoms with Crippen molar-refractivity contribution in [2.45, 2.75) is 26.4 Å². The lowest BCUT2D eigenvalue weighted by molar-refractivity contribution is 0.00708. The number of ether oxygens (including phenoxy) is 1. The zero-order valence-corrected chi connectivity index (χ0v) is 19.0. The molecule has 0 bridgehead atoms. The summed E-state index contributed by atoms with van der Waals surface area (Å²) in [5, 5.41) is 13.1. The van der Waals surface area contributed by atoms with E-state index < -0.39 is 17.5 Å². The van der Waals surface area contributed by atoms with Crippen molar-refractivity contribution < 1.29 is 19.4 Å². The molecular weight excluding hydrogens is 404 g/mol. The number of phenolic OH excluding ortho intramolecular Hbond substituents is 1. The Morgan fingerprint density at radius 1 is 0.875 bits per heavy atom. The summed E-state index contributed by atoms with van der Waals surface area (Å²) in [7, 11) is 3.69. The number of rotatable bonds is 5. The third kappa shape index (κ3) is 5.46. The number of nitrogens with zero attached hydrogens (tertiary/aromatic N) is 1. The summed E-state index contributed by atoms with van der Waals surface area (Å²) in [6.45, 7) is 5.35. The minimum atomic E-state index is -0.686. The number of aromatic hydroxyl groups is 1. The van der Waals surface area contributed by atoms with Gasteiger partial charge in [-0.1, -0.05) is 36.4 Å². The zero-order chi connectivity index (χ0) is 23.5. The Labute approximate surface area is 188 Å². The molecule has 0 aliphatic carbocycles. The number of nitrogens with one attached hydrogen (secondary N) is 1. The van der Waals surface area contributed by atoms with Crippen LogP contribution in [0.25, 0.3) is 11.1 Å². The fourth-order valence-corrected chi connectivity index (χ4v) is 3.14. The van der Waals surface area contributed by atoms with Crippen molar-refractivity contribution in [1.82, 2.24) is 0 Å². The molecule has 0 spiro atoms. The van der Waals surface area contributed by atoms with Gasteiger partial charge in [-0.2, -0.15) is 0 Å². The van der Waals surface area contributed by atoms with Crippen LogP contribution in [0.5, 0.6) is 5.75 Å². The average molecular weight is 433 g/mol. The molecule has 6 nitrogen and oxygen atoms in total. The lowest BCUT2D eigenvalue weighted by atomic mass is 10.0. The fraction of sp³-hybridized carbons (Fsp3) is 0.231. The summed E-state index contributed by atoms with van der Waals surface area (Å²) in [6.07, 6.45) is 0. The summed E-state index contributed by atoms with van der Waals surface area (Å²) in [5.74, 6) is -1.22. The Morgan fingerprint density at radius 3 is 2.19 bits per heavy atom. The molecule has 0 atom stereocenters. The molecule has 0 aliphatic heterocycles. The molecule has 0 aliphatic rings. The molecule has 0 saturated heterocycles. The van der Waals surface area contributed by atoms with Gasteiger partial charge < -0.3 is 20.1 Å². The van der Waals surface area contributed by atoms with Crippen LogP contribution < -0.4 is 10.2 Å². The molecule has 3 aromatic carbocycles. The highest BCUT2D eigenvalue weighted by molar-refractivity contribution is 6.10. The van der Waals surface area contributed by atoms with E-state index in [0.717, 1.165) is 16.8 Å². The predicted octanol–water partition coefficient (Wildman–Crippen LogP) is 5.33. The van der Waals surface area contributed by atoms with Gasteiger partial charge in [0.15, 0.2) is 0 Å². The van der Waals surface area contributed by atoms with Gasteiger partial charge in [-0.3, -0.25) is 4.79 Å². The molecule has 1 amide bonds. The summed E-state index contributed by atoms with van der Waals surface area (Å²) < 4.78 is 5.53. The van der Waals surface area contributed by atoms with Crippen LogP contribution in [-0.4, -0.2) is 36.7 Å². The van der Waals surface area contributed by atoms with E-state index in [1.165, 1.54) is 6.07 Å². The SMILES string of the molecule is CN(C)c1ccc(O)c(C(=O)Nc2cc(-c3ccccc3)ccc2C(=O)OC(C)(C)C)c1. The van der Waals surface area contributed by atoms with Crippen LogP contribution in [0.3, 0.4) is 0 Å². The largest absolute Gasteiger partial charge is 0.507 e. The summed E-state index contributed by atoms with van der Waals surface area (Å²) in [4.78, 5) is 27.7. The molecule has 0 unspecified atom stereocenters. The van der Waals surface area contributed by atoms with Crippen LogP contribution in [-0.2, 0) is 4.74 Å². The van der Waals surface area contributed by atoms with E-state index in [1.54, 1.807) is 45.0 Å². The molecule has 2 N–H and O–H groups in total. The van der Waals surface area contributed by atoms with Crippen LogP contribution in [0.4, 0.5) is 11.4 Å². The van der Waals surface area contributed by atoms with E-state index in [-0.39, 0.29) is 16.9 Å². The first-order chi connectivity index (χ1) is 15.0. The van der Waals surface area contributed by atoms with Crippen molar-refractivity contribution in [3.63, 3.8) is 0 Å². The highest BCUT2D eigenvalue weighted by Crippen LogP contribution is 2.29. The maximum Gasteiger partial charge on any atom is 0.340 e. The van der Waals surface area contributed by atoms with Crippen molar-refractivity contribution >= 4 is 23.3 Å². The summed E-state index contributed by atoms with van der Waals surface area (Å²) in [6, 6.07) is 19.6. The number of carbonyl (C=O) groups excluding carboxylic acids is 2. The lowest BCUT2D eigenvalue weighted by Gasteiger charge is -2.21. The lowest BCUT2D eigenvalue weighted by Crippen LogP contribution is -2.25. The molecule has 0 fully saturated rings. The van der Waals surface area contributed by atoms with Gasteiger partial charge in [-0.25, -0.2) is 4.79 Å². The average Bonchev–Trinajstić information content (AvgIpc) is 2.73. The first-order valence-corrected chi connectivity index (χ1v) is 10.3. The van der Waals surface area contributed by atoms with Crippen molar-refractivity contribution in [2.24, 2.45) is 0 Å². The standard InChI is InChI=1S/C26H28N2O4/c1-26(2,3)32-25(31)20-13-11-18(17-9-7-6-8-10-17)15-22(20)27-24(30)21-16-19(28(4)5)12-14-23(21)29/h6-16,29H,1-5H3,(H,27,30). The number of carbonyl (C=O) groups is 2. The van der Waals surface area contributed by atoms with Gasteiger partial charge in [0.05, 0.1) is 16.8 Å². The van der Waals surface area contributed by atoms with Crippen LogP contribution >= 0.6 is 0 Å². The van der Waals surface area contributed by atoms with E-state index in [9.17, 15) is 14.7 Å². The Bertz CT molecular complexity index is 1130. The maximum atomic E-state index is 13.1. The van der Waals surface area contributed by atoms with Crippen molar-refractivity contribution in [2.75, 3.05) is 24.3 Å². The fourth-order valence-electron chi connectivity index (χ4n) is 3.14. The first kappa shape index (κ1) is 22.9. The maximum absolute atomic E-state index is 13.1. The normalized spacial score (nSPS) is 11.0. The van der Waals surface area contributed by atoms with Crippen LogP contribution in [0.1, 0.15) is 41.5 Å². The van der Waals surface area contributed by atoms with Gasteiger partial charge in [0.1, 0.15) is 11.4 Å². The van der Waals surface area contributed by atoms with E-state index in [1.807, 2.05) is 55.4 Å². The van der Waals surface area contributed by atoms with Crippen molar-refractivity contribution in [3.05, 3.63) is 77.9 Å².